The Labute approximate surface area is 124 Å². The van der Waals surface area contributed by atoms with Crippen molar-refractivity contribution in [2.45, 2.75) is 0 Å². The third-order valence-electron chi connectivity index (χ3n) is 2.74. The molecule has 0 saturated carbocycles. The number of carboxylic acids is 1. The van der Waals surface area contributed by atoms with Crippen LogP contribution in [0.2, 0.25) is 5.02 Å². The number of para-hydroxylation sites is 1. The molecule has 0 aliphatic carbocycles. The van der Waals surface area contributed by atoms with Gasteiger partial charge in [-0.05, 0) is 30.3 Å². The van der Waals surface area contributed by atoms with Crippen LogP contribution in [-0.4, -0.2) is 17.0 Å². The first-order valence-electron chi connectivity index (χ1n) is 5.78. The number of halogens is 2. The number of nitrogen functional groups attached to an aromatic ring is 1. The minimum atomic E-state index is -1.25. The van der Waals surface area contributed by atoms with Gasteiger partial charge in [0.05, 0.1) is 21.8 Å². The van der Waals surface area contributed by atoms with E-state index in [1.165, 1.54) is 24.3 Å². The molecule has 108 valence electrons. The minimum Gasteiger partial charge on any atom is -0.478 e. The molecule has 0 saturated heterocycles. The number of nitrogens with one attached hydrogen (secondary N) is 1. The van der Waals surface area contributed by atoms with Crippen molar-refractivity contribution in [1.82, 2.24) is 0 Å². The van der Waals surface area contributed by atoms with E-state index in [0.29, 0.717) is 0 Å². The van der Waals surface area contributed by atoms with Crippen molar-refractivity contribution >= 4 is 34.9 Å². The number of rotatable bonds is 3. The molecule has 0 unspecified atom stereocenters. The summed E-state index contributed by atoms with van der Waals surface area (Å²) < 4.78 is 13.2. The fourth-order valence-corrected chi connectivity index (χ4v) is 1.96. The van der Waals surface area contributed by atoms with E-state index in [4.69, 9.17) is 22.4 Å². The van der Waals surface area contributed by atoms with Crippen LogP contribution in [0.3, 0.4) is 0 Å². The van der Waals surface area contributed by atoms with E-state index >= 15 is 0 Å². The highest BCUT2D eigenvalue weighted by molar-refractivity contribution is 6.35. The molecule has 0 aromatic heterocycles. The standard InChI is InChI=1S/C14H10ClFN2O3/c15-10-3-1-2-8(14(20)21)12(10)18-13(19)9-6-7(16)4-5-11(9)17/h1-6H,17H2,(H,18,19)(H,20,21). The minimum absolute atomic E-state index is 0.0539. The predicted molar refractivity (Wildman–Crippen MR) is 77.2 cm³/mol. The molecule has 2 aromatic carbocycles. The summed E-state index contributed by atoms with van der Waals surface area (Å²) in [6.45, 7) is 0. The Hall–Kier alpha value is -2.60. The Morgan fingerprint density at radius 1 is 1.19 bits per heavy atom. The van der Waals surface area contributed by atoms with E-state index in [9.17, 15) is 14.0 Å². The number of anilines is 2. The Balaban J connectivity index is 2.41. The molecule has 1 amide bonds. The van der Waals surface area contributed by atoms with Crippen LogP contribution in [0.1, 0.15) is 20.7 Å². The van der Waals surface area contributed by atoms with Gasteiger partial charge in [0.15, 0.2) is 0 Å². The highest BCUT2D eigenvalue weighted by Gasteiger charge is 2.18. The first kappa shape index (κ1) is 14.8. The maximum atomic E-state index is 13.2. The Morgan fingerprint density at radius 2 is 1.90 bits per heavy atom. The van der Waals surface area contributed by atoms with Crippen LogP contribution < -0.4 is 11.1 Å². The lowest BCUT2D eigenvalue weighted by Gasteiger charge is -2.11. The molecule has 0 radical (unpaired) electrons. The van der Waals surface area contributed by atoms with E-state index in [0.717, 1.165) is 12.1 Å². The molecule has 4 N–H and O–H groups in total. The second-order valence-corrected chi connectivity index (χ2v) is 4.56. The lowest BCUT2D eigenvalue weighted by Crippen LogP contribution is -2.17. The van der Waals surface area contributed by atoms with Gasteiger partial charge < -0.3 is 16.2 Å². The van der Waals surface area contributed by atoms with Gasteiger partial charge in [-0.1, -0.05) is 17.7 Å². The number of aromatic carboxylic acids is 1. The highest BCUT2D eigenvalue weighted by Crippen LogP contribution is 2.27. The molecular weight excluding hydrogens is 299 g/mol. The van der Waals surface area contributed by atoms with Crippen molar-refractivity contribution in [3.05, 3.63) is 58.4 Å². The first-order valence-corrected chi connectivity index (χ1v) is 6.16. The zero-order valence-electron chi connectivity index (χ0n) is 10.6. The van der Waals surface area contributed by atoms with Gasteiger partial charge in [0.25, 0.3) is 5.91 Å². The summed E-state index contributed by atoms with van der Waals surface area (Å²) in [6.07, 6.45) is 0. The molecule has 5 nitrogen and oxygen atoms in total. The molecule has 0 aliphatic rings. The van der Waals surface area contributed by atoms with Crippen LogP contribution in [0, 0.1) is 5.82 Å². The SMILES string of the molecule is Nc1ccc(F)cc1C(=O)Nc1c(Cl)cccc1C(=O)O. The molecule has 0 heterocycles. The Kier molecular flexibility index (Phi) is 4.09. The number of carboxylic acid groups (broad SMARTS) is 1. The van der Waals surface area contributed by atoms with Crippen LogP contribution in [0.5, 0.6) is 0 Å². The largest absolute Gasteiger partial charge is 0.478 e. The van der Waals surface area contributed by atoms with Gasteiger partial charge in [-0.2, -0.15) is 0 Å². The lowest BCUT2D eigenvalue weighted by atomic mass is 10.1. The number of hydrogen-bond acceptors (Lipinski definition) is 3. The van der Waals surface area contributed by atoms with Crippen LogP contribution >= 0.6 is 11.6 Å². The summed E-state index contributed by atoms with van der Waals surface area (Å²) in [5.74, 6) is -2.63. The first-order chi connectivity index (χ1) is 9.90. The van der Waals surface area contributed by atoms with E-state index in [1.54, 1.807) is 0 Å². The van der Waals surface area contributed by atoms with Crippen molar-refractivity contribution in [3.8, 4) is 0 Å². The summed E-state index contributed by atoms with van der Waals surface area (Å²) in [5.41, 5.74) is 5.32. The van der Waals surface area contributed by atoms with Gasteiger partial charge >= 0.3 is 5.97 Å². The second-order valence-electron chi connectivity index (χ2n) is 4.15. The third-order valence-corrected chi connectivity index (χ3v) is 3.06. The zero-order valence-corrected chi connectivity index (χ0v) is 11.3. The molecule has 2 rings (SSSR count). The number of hydrogen-bond donors (Lipinski definition) is 3. The molecule has 0 atom stereocenters. The van der Waals surface area contributed by atoms with Crippen molar-refractivity contribution in [2.75, 3.05) is 11.1 Å². The van der Waals surface area contributed by atoms with Crippen molar-refractivity contribution in [1.29, 1.82) is 0 Å². The molecule has 0 bridgehead atoms. The summed E-state index contributed by atoms with van der Waals surface area (Å²) >= 11 is 5.89. The molecule has 0 aliphatic heterocycles. The second kappa shape index (κ2) is 5.80. The topological polar surface area (TPSA) is 92.4 Å². The van der Waals surface area contributed by atoms with E-state index < -0.39 is 17.7 Å². The average Bonchev–Trinajstić information content (AvgIpc) is 2.43. The number of carbonyl (C=O) groups excluding carboxylic acids is 1. The van der Waals surface area contributed by atoms with Crippen LogP contribution in [-0.2, 0) is 0 Å². The average molecular weight is 309 g/mol. The number of benzene rings is 2. The molecule has 2 aromatic rings. The monoisotopic (exact) mass is 308 g/mol. The van der Waals surface area contributed by atoms with Crippen molar-refractivity contribution in [3.63, 3.8) is 0 Å². The zero-order chi connectivity index (χ0) is 15.6. The molecule has 7 heteroatoms. The van der Waals surface area contributed by atoms with Crippen LogP contribution in [0.4, 0.5) is 15.8 Å². The van der Waals surface area contributed by atoms with Gasteiger partial charge in [0.2, 0.25) is 0 Å². The fraction of sp³-hybridized carbons (Fsp3) is 0. The van der Waals surface area contributed by atoms with Crippen molar-refractivity contribution < 1.29 is 19.1 Å². The van der Waals surface area contributed by atoms with Gasteiger partial charge in [-0.25, -0.2) is 9.18 Å². The Morgan fingerprint density at radius 3 is 2.57 bits per heavy atom. The third kappa shape index (κ3) is 3.11. The normalized spacial score (nSPS) is 10.2. The lowest BCUT2D eigenvalue weighted by molar-refractivity contribution is 0.0698. The number of amides is 1. The molecule has 21 heavy (non-hydrogen) atoms. The summed E-state index contributed by atoms with van der Waals surface area (Å²) in [7, 11) is 0. The summed E-state index contributed by atoms with van der Waals surface area (Å²) in [4.78, 5) is 23.2. The van der Waals surface area contributed by atoms with E-state index in [-0.39, 0.29) is 27.5 Å². The number of carbonyl (C=O) groups is 2. The van der Waals surface area contributed by atoms with Crippen LogP contribution in [0.15, 0.2) is 36.4 Å². The predicted octanol–water partition coefficient (Wildman–Crippen LogP) is 3.01. The van der Waals surface area contributed by atoms with Gasteiger partial charge in [0.1, 0.15) is 5.82 Å². The van der Waals surface area contributed by atoms with Gasteiger partial charge in [-0.15, -0.1) is 0 Å². The quantitative estimate of drug-likeness (QED) is 0.760. The molecule has 0 spiro atoms. The fourth-order valence-electron chi connectivity index (χ4n) is 1.74. The van der Waals surface area contributed by atoms with Gasteiger partial charge in [-0.3, -0.25) is 4.79 Å². The Bertz CT molecular complexity index is 734. The van der Waals surface area contributed by atoms with E-state index in [2.05, 4.69) is 5.32 Å². The van der Waals surface area contributed by atoms with Gasteiger partial charge in [0, 0.05) is 5.69 Å². The molecular formula is C14H10ClFN2O3. The highest BCUT2D eigenvalue weighted by atomic mass is 35.5. The van der Waals surface area contributed by atoms with Crippen LogP contribution in [0.25, 0.3) is 0 Å². The maximum Gasteiger partial charge on any atom is 0.337 e. The van der Waals surface area contributed by atoms with E-state index in [1.807, 2.05) is 0 Å². The number of nitrogens with two attached hydrogens (primary N) is 1. The smallest absolute Gasteiger partial charge is 0.337 e. The molecule has 0 fully saturated rings. The summed E-state index contributed by atoms with van der Waals surface area (Å²) in [6, 6.07) is 7.48. The summed E-state index contributed by atoms with van der Waals surface area (Å²) in [5, 5.41) is 11.5. The van der Waals surface area contributed by atoms with Crippen molar-refractivity contribution in [2.24, 2.45) is 0 Å². The maximum absolute atomic E-state index is 13.2.